The van der Waals surface area contributed by atoms with Gasteiger partial charge in [0.25, 0.3) is 0 Å². The van der Waals surface area contributed by atoms with E-state index in [2.05, 4.69) is 40.8 Å². The van der Waals surface area contributed by atoms with Gasteiger partial charge in [-0.05, 0) is 63.4 Å². The van der Waals surface area contributed by atoms with Crippen molar-refractivity contribution >= 4 is 0 Å². The third-order valence-electron chi connectivity index (χ3n) is 5.19. The molecule has 3 heterocycles. The van der Waals surface area contributed by atoms with Gasteiger partial charge in [0.1, 0.15) is 0 Å². The summed E-state index contributed by atoms with van der Waals surface area (Å²) >= 11 is 0. The summed E-state index contributed by atoms with van der Waals surface area (Å²) in [7, 11) is 0. The van der Waals surface area contributed by atoms with Crippen molar-refractivity contribution in [1.82, 2.24) is 15.2 Å². The Labute approximate surface area is 133 Å². The van der Waals surface area contributed by atoms with Crippen LogP contribution in [0.15, 0.2) is 36.8 Å². The van der Waals surface area contributed by atoms with Gasteiger partial charge < -0.3 is 10.1 Å². The second-order valence-corrected chi connectivity index (χ2v) is 6.46. The minimum atomic E-state index is 0.0655. The molecule has 0 amide bonds. The largest absolute Gasteiger partial charge is 0.381 e. The van der Waals surface area contributed by atoms with Gasteiger partial charge in [-0.25, -0.2) is 0 Å². The zero-order valence-corrected chi connectivity index (χ0v) is 13.6. The van der Waals surface area contributed by atoms with Crippen molar-refractivity contribution in [1.29, 1.82) is 0 Å². The van der Waals surface area contributed by atoms with Gasteiger partial charge in [0.15, 0.2) is 0 Å². The van der Waals surface area contributed by atoms with Crippen molar-refractivity contribution in [2.24, 2.45) is 0 Å². The summed E-state index contributed by atoms with van der Waals surface area (Å²) in [5.41, 5.74) is 2.47. The molecular formula is C18H27N3O. The van der Waals surface area contributed by atoms with Crippen LogP contribution in [-0.4, -0.2) is 41.7 Å². The van der Waals surface area contributed by atoms with Gasteiger partial charge in [-0.15, -0.1) is 0 Å². The molecule has 2 aliphatic rings. The molecule has 4 heteroatoms. The topological polar surface area (TPSA) is 37.4 Å². The molecule has 0 spiro atoms. The van der Waals surface area contributed by atoms with Crippen LogP contribution < -0.4 is 5.32 Å². The van der Waals surface area contributed by atoms with Crippen LogP contribution in [0.2, 0.25) is 0 Å². The van der Waals surface area contributed by atoms with E-state index < -0.39 is 0 Å². The quantitative estimate of drug-likeness (QED) is 0.907. The molecule has 2 saturated heterocycles. The smallest absolute Gasteiger partial charge is 0.0646 e. The first-order valence-corrected chi connectivity index (χ1v) is 8.41. The van der Waals surface area contributed by atoms with E-state index in [9.17, 15) is 0 Å². The normalized spacial score (nSPS) is 23.1. The van der Waals surface area contributed by atoms with Crippen LogP contribution in [0, 0.1) is 0 Å². The number of aromatic nitrogens is 1. The zero-order chi connectivity index (χ0) is 15.4. The van der Waals surface area contributed by atoms with E-state index in [4.69, 9.17) is 4.74 Å². The van der Waals surface area contributed by atoms with Crippen molar-refractivity contribution in [2.75, 3.05) is 26.3 Å². The zero-order valence-electron chi connectivity index (χ0n) is 13.6. The van der Waals surface area contributed by atoms with Gasteiger partial charge in [-0.1, -0.05) is 6.58 Å². The lowest BCUT2D eigenvalue weighted by molar-refractivity contribution is -0.00306. The molecule has 0 saturated carbocycles. The maximum atomic E-state index is 5.62. The first-order chi connectivity index (χ1) is 10.7. The number of nitrogens with one attached hydrogen (secondary N) is 1. The number of pyridine rings is 1. The Bertz CT molecular complexity index is 490. The molecule has 0 aromatic carbocycles. The summed E-state index contributed by atoms with van der Waals surface area (Å²) < 4.78 is 5.62. The SMILES string of the molecule is C=C(NC(C)c1ccncc1)C1(N2CCCC2)CCOCC1. The van der Waals surface area contributed by atoms with Crippen molar-refractivity contribution in [2.45, 2.75) is 44.2 Å². The van der Waals surface area contributed by atoms with Gasteiger partial charge in [-0.2, -0.15) is 0 Å². The average Bonchev–Trinajstić information content (AvgIpc) is 3.11. The predicted octanol–water partition coefficient (Wildman–Crippen LogP) is 2.89. The molecule has 1 aromatic rings. The standard InChI is InChI=1S/C18H27N3O/c1-15(17-5-9-19-10-6-17)20-16(2)18(7-13-22-14-8-18)21-11-3-4-12-21/h5-6,9-10,15,20H,2-4,7-8,11-14H2,1H3. The summed E-state index contributed by atoms with van der Waals surface area (Å²) in [6, 6.07) is 4.38. The predicted molar refractivity (Wildman–Crippen MR) is 88.5 cm³/mol. The molecule has 2 fully saturated rings. The molecule has 1 N–H and O–H groups in total. The highest BCUT2D eigenvalue weighted by molar-refractivity contribution is 5.22. The van der Waals surface area contributed by atoms with E-state index >= 15 is 0 Å². The maximum absolute atomic E-state index is 5.62. The Morgan fingerprint density at radius 2 is 1.91 bits per heavy atom. The second-order valence-electron chi connectivity index (χ2n) is 6.46. The Kier molecular flexibility index (Phi) is 4.79. The van der Waals surface area contributed by atoms with E-state index in [1.165, 1.54) is 31.5 Å². The molecule has 1 atom stereocenters. The van der Waals surface area contributed by atoms with Crippen molar-refractivity contribution in [3.63, 3.8) is 0 Å². The number of hydrogen-bond donors (Lipinski definition) is 1. The highest BCUT2D eigenvalue weighted by Crippen LogP contribution is 2.36. The van der Waals surface area contributed by atoms with E-state index in [1.54, 1.807) is 0 Å². The molecular weight excluding hydrogens is 274 g/mol. The first kappa shape index (κ1) is 15.5. The van der Waals surface area contributed by atoms with Gasteiger partial charge in [0.2, 0.25) is 0 Å². The summed E-state index contributed by atoms with van der Waals surface area (Å²) in [6.07, 6.45) is 8.39. The van der Waals surface area contributed by atoms with Crippen LogP contribution in [0.4, 0.5) is 0 Å². The van der Waals surface area contributed by atoms with Crippen LogP contribution >= 0.6 is 0 Å². The molecule has 4 nitrogen and oxygen atoms in total. The molecule has 1 unspecified atom stereocenters. The number of nitrogens with zero attached hydrogens (tertiary/aromatic N) is 2. The molecule has 1 aromatic heterocycles. The van der Waals surface area contributed by atoms with Crippen LogP contribution in [-0.2, 0) is 4.74 Å². The fourth-order valence-electron chi connectivity index (χ4n) is 3.79. The van der Waals surface area contributed by atoms with Crippen molar-refractivity contribution in [3.8, 4) is 0 Å². The highest BCUT2D eigenvalue weighted by Gasteiger charge is 2.42. The first-order valence-electron chi connectivity index (χ1n) is 8.41. The molecule has 3 rings (SSSR count). The Hall–Kier alpha value is -1.39. The van der Waals surface area contributed by atoms with Crippen molar-refractivity contribution in [3.05, 3.63) is 42.4 Å². The number of ether oxygens (including phenoxy) is 1. The third kappa shape index (κ3) is 3.03. The lowest BCUT2D eigenvalue weighted by Gasteiger charge is -2.46. The number of rotatable bonds is 5. The Morgan fingerprint density at radius 3 is 2.55 bits per heavy atom. The van der Waals surface area contributed by atoms with Crippen molar-refractivity contribution < 1.29 is 4.74 Å². The molecule has 2 aliphatic heterocycles. The van der Waals surface area contributed by atoms with E-state index in [0.717, 1.165) is 31.8 Å². The van der Waals surface area contributed by atoms with E-state index in [-0.39, 0.29) is 11.6 Å². The van der Waals surface area contributed by atoms with E-state index in [0.29, 0.717) is 0 Å². The molecule has 22 heavy (non-hydrogen) atoms. The molecule has 0 aliphatic carbocycles. The summed E-state index contributed by atoms with van der Waals surface area (Å²) in [4.78, 5) is 6.73. The second kappa shape index (κ2) is 6.80. The van der Waals surface area contributed by atoms with E-state index in [1.807, 2.05) is 12.4 Å². The third-order valence-corrected chi connectivity index (χ3v) is 5.19. The average molecular weight is 301 g/mol. The Balaban J connectivity index is 1.74. The van der Waals surface area contributed by atoms with Crippen LogP contribution in [0.25, 0.3) is 0 Å². The molecule has 120 valence electrons. The summed E-state index contributed by atoms with van der Waals surface area (Å²) in [6.45, 7) is 10.7. The van der Waals surface area contributed by atoms with Gasteiger partial charge in [-0.3, -0.25) is 9.88 Å². The highest BCUT2D eigenvalue weighted by atomic mass is 16.5. The minimum Gasteiger partial charge on any atom is -0.381 e. The lowest BCUT2D eigenvalue weighted by atomic mass is 9.84. The fourth-order valence-corrected chi connectivity index (χ4v) is 3.79. The lowest BCUT2D eigenvalue weighted by Crippen LogP contribution is -2.55. The summed E-state index contributed by atoms with van der Waals surface area (Å²) in [5, 5.41) is 3.66. The molecule has 0 bridgehead atoms. The monoisotopic (exact) mass is 301 g/mol. The molecule has 0 radical (unpaired) electrons. The number of likely N-dealkylation sites (tertiary alicyclic amines) is 1. The van der Waals surface area contributed by atoms with Gasteiger partial charge in [0.05, 0.1) is 5.54 Å². The van der Waals surface area contributed by atoms with Crippen LogP contribution in [0.1, 0.15) is 44.2 Å². The number of hydrogen-bond acceptors (Lipinski definition) is 4. The maximum Gasteiger partial charge on any atom is 0.0646 e. The minimum absolute atomic E-state index is 0.0655. The van der Waals surface area contributed by atoms with Gasteiger partial charge in [0, 0.05) is 37.3 Å². The summed E-state index contributed by atoms with van der Waals surface area (Å²) in [5.74, 6) is 0. The van der Waals surface area contributed by atoms with Gasteiger partial charge >= 0.3 is 0 Å². The van der Waals surface area contributed by atoms with Crippen LogP contribution in [0.3, 0.4) is 0 Å². The van der Waals surface area contributed by atoms with Crippen LogP contribution in [0.5, 0.6) is 0 Å². The fraction of sp³-hybridized carbons (Fsp3) is 0.611. The Morgan fingerprint density at radius 1 is 1.27 bits per heavy atom.